The third-order valence-electron chi connectivity index (χ3n) is 4.78. The van der Waals surface area contributed by atoms with Crippen molar-refractivity contribution in [2.24, 2.45) is 0 Å². The summed E-state index contributed by atoms with van der Waals surface area (Å²) in [6.07, 6.45) is 0.704. The Morgan fingerprint density at radius 2 is 1.67 bits per heavy atom. The lowest BCUT2D eigenvalue weighted by atomic mass is 9.92. The Kier molecular flexibility index (Phi) is 6.20. The van der Waals surface area contributed by atoms with E-state index in [1.54, 1.807) is 24.3 Å². The first-order chi connectivity index (χ1) is 14.1. The molecule has 0 aromatic heterocycles. The van der Waals surface area contributed by atoms with Crippen LogP contribution < -0.4 is 4.74 Å². The Balaban J connectivity index is 1.65. The summed E-state index contributed by atoms with van der Waals surface area (Å²) in [5.74, 6) is 0.706. The van der Waals surface area contributed by atoms with Gasteiger partial charge in [0.05, 0.1) is 0 Å². The highest BCUT2D eigenvalue weighted by Crippen LogP contribution is 2.34. The van der Waals surface area contributed by atoms with Gasteiger partial charge in [0.1, 0.15) is 22.8 Å². The lowest BCUT2D eigenvalue weighted by molar-refractivity contribution is -0.157. The molecule has 158 valence electrons. The molecule has 0 saturated heterocycles. The molecule has 3 aromatic carbocycles. The molecule has 0 spiro atoms. The molecule has 3 aromatic rings. The lowest BCUT2D eigenvalue weighted by Crippen LogP contribution is -2.27. The minimum Gasteiger partial charge on any atom is -0.507 e. The van der Waals surface area contributed by atoms with Gasteiger partial charge in [0.15, 0.2) is 6.61 Å². The fourth-order valence-electron chi connectivity index (χ4n) is 3.40. The number of esters is 1. The second kappa shape index (κ2) is 8.66. The molecule has 0 radical (unpaired) electrons. The van der Waals surface area contributed by atoms with Crippen LogP contribution in [0.25, 0.3) is 10.8 Å². The average Bonchev–Trinajstić information content (AvgIpc) is 2.66. The quantitative estimate of drug-likeness (QED) is 0.540. The van der Waals surface area contributed by atoms with Crippen molar-refractivity contribution in [2.75, 3.05) is 6.61 Å². The number of aromatic hydroxyl groups is 2. The first-order valence-electron chi connectivity index (χ1n) is 10.0. The monoisotopic (exact) mass is 408 g/mol. The van der Waals surface area contributed by atoms with Gasteiger partial charge in [0.2, 0.25) is 0 Å². The standard InChI is InChI=1S/C25H28O5/c1-16(12-17-13-21-20(23(27)14-17)6-5-7-22(21)26)18-8-10-19(11-9-18)29-15-24(28)30-25(2,3)4/h5-11,13-14,16,26-27H,12,15H2,1-4H3. The van der Waals surface area contributed by atoms with Crippen molar-refractivity contribution >= 4 is 16.7 Å². The number of phenolic OH excluding ortho intramolecular Hbond substituents is 2. The Hall–Kier alpha value is -3.21. The van der Waals surface area contributed by atoms with E-state index in [-0.39, 0.29) is 24.0 Å². The summed E-state index contributed by atoms with van der Waals surface area (Å²) in [5.41, 5.74) is 1.52. The van der Waals surface area contributed by atoms with E-state index in [1.165, 1.54) is 0 Å². The van der Waals surface area contributed by atoms with Crippen LogP contribution in [0.3, 0.4) is 0 Å². The molecule has 0 amide bonds. The average molecular weight is 408 g/mol. The zero-order valence-corrected chi connectivity index (χ0v) is 17.8. The predicted octanol–water partition coefficient (Wildman–Crippen LogP) is 5.32. The van der Waals surface area contributed by atoms with E-state index in [4.69, 9.17) is 9.47 Å². The van der Waals surface area contributed by atoms with Crippen LogP contribution in [0.4, 0.5) is 0 Å². The fourth-order valence-corrected chi connectivity index (χ4v) is 3.40. The van der Waals surface area contributed by atoms with E-state index in [2.05, 4.69) is 6.92 Å². The van der Waals surface area contributed by atoms with Gasteiger partial charge in [-0.05, 0) is 74.6 Å². The molecule has 3 rings (SSSR count). The van der Waals surface area contributed by atoms with Gasteiger partial charge in [0.25, 0.3) is 0 Å². The van der Waals surface area contributed by atoms with E-state index in [9.17, 15) is 15.0 Å². The third kappa shape index (κ3) is 5.44. The van der Waals surface area contributed by atoms with Gasteiger partial charge in [-0.15, -0.1) is 0 Å². The van der Waals surface area contributed by atoms with E-state index in [0.717, 1.165) is 11.1 Å². The van der Waals surface area contributed by atoms with Crippen molar-refractivity contribution in [1.82, 2.24) is 0 Å². The summed E-state index contributed by atoms with van der Waals surface area (Å²) in [7, 11) is 0. The second-order valence-electron chi connectivity index (χ2n) is 8.54. The number of phenols is 2. The summed E-state index contributed by atoms with van der Waals surface area (Å²) < 4.78 is 10.7. The molecular formula is C25H28O5. The number of hydrogen-bond acceptors (Lipinski definition) is 5. The predicted molar refractivity (Wildman–Crippen MR) is 117 cm³/mol. The highest BCUT2D eigenvalue weighted by molar-refractivity contribution is 5.93. The number of rotatable bonds is 6. The SMILES string of the molecule is CC(Cc1cc(O)c2cccc(O)c2c1)c1ccc(OCC(=O)OC(C)(C)C)cc1. The summed E-state index contributed by atoms with van der Waals surface area (Å²) in [6, 6.07) is 16.4. The van der Waals surface area contributed by atoms with Crippen molar-refractivity contribution in [1.29, 1.82) is 0 Å². The molecule has 1 unspecified atom stereocenters. The first kappa shape index (κ1) is 21.5. The van der Waals surface area contributed by atoms with Gasteiger partial charge >= 0.3 is 5.97 Å². The van der Waals surface area contributed by atoms with Crippen molar-refractivity contribution in [3.05, 3.63) is 65.7 Å². The molecule has 30 heavy (non-hydrogen) atoms. The molecule has 1 atom stereocenters. The molecule has 0 aliphatic heterocycles. The Labute approximate surface area is 176 Å². The highest BCUT2D eigenvalue weighted by Gasteiger charge is 2.17. The van der Waals surface area contributed by atoms with Crippen LogP contribution in [0, 0.1) is 0 Å². The van der Waals surface area contributed by atoms with Crippen LogP contribution in [0.2, 0.25) is 0 Å². The molecule has 0 fully saturated rings. The largest absolute Gasteiger partial charge is 0.507 e. The van der Waals surface area contributed by atoms with Crippen molar-refractivity contribution in [2.45, 2.75) is 45.6 Å². The smallest absolute Gasteiger partial charge is 0.344 e. The number of carbonyl (C=O) groups is 1. The number of carbonyl (C=O) groups excluding carboxylic acids is 1. The fraction of sp³-hybridized carbons (Fsp3) is 0.320. The van der Waals surface area contributed by atoms with Crippen LogP contribution in [-0.4, -0.2) is 28.4 Å². The summed E-state index contributed by atoms with van der Waals surface area (Å²) in [6.45, 7) is 7.42. The number of hydrogen-bond donors (Lipinski definition) is 2. The Bertz CT molecular complexity index is 1030. The molecule has 0 bridgehead atoms. The van der Waals surface area contributed by atoms with Crippen molar-refractivity contribution < 1.29 is 24.5 Å². The van der Waals surface area contributed by atoms with Gasteiger partial charge in [-0.25, -0.2) is 4.79 Å². The van der Waals surface area contributed by atoms with E-state index in [1.807, 2.05) is 51.1 Å². The van der Waals surface area contributed by atoms with Crippen LogP contribution in [0.15, 0.2) is 54.6 Å². The minimum absolute atomic E-state index is 0.133. The maximum Gasteiger partial charge on any atom is 0.344 e. The van der Waals surface area contributed by atoms with E-state index >= 15 is 0 Å². The third-order valence-corrected chi connectivity index (χ3v) is 4.78. The van der Waals surface area contributed by atoms with Crippen molar-refractivity contribution in [3.63, 3.8) is 0 Å². The summed E-state index contributed by atoms with van der Waals surface area (Å²) in [4.78, 5) is 11.8. The zero-order valence-electron chi connectivity index (χ0n) is 17.8. The molecule has 2 N–H and O–H groups in total. The lowest BCUT2D eigenvalue weighted by Gasteiger charge is -2.19. The van der Waals surface area contributed by atoms with Gasteiger partial charge < -0.3 is 19.7 Å². The first-order valence-corrected chi connectivity index (χ1v) is 10.0. The van der Waals surface area contributed by atoms with E-state index < -0.39 is 11.6 Å². The maximum absolute atomic E-state index is 11.8. The Morgan fingerprint density at radius 3 is 2.33 bits per heavy atom. The zero-order chi connectivity index (χ0) is 21.9. The number of ether oxygens (including phenoxy) is 2. The molecule has 0 aliphatic rings. The number of benzene rings is 3. The van der Waals surface area contributed by atoms with Gasteiger partial charge in [0, 0.05) is 10.8 Å². The topological polar surface area (TPSA) is 76.0 Å². The van der Waals surface area contributed by atoms with Crippen LogP contribution >= 0.6 is 0 Å². The molecule has 0 saturated carbocycles. The molecule has 5 heteroatoms. The maximum atomic E-state index is 11.8. The van der Waals surface area contributed by atoms with Gasteiger partial charge in [-0.1, -0.05) is 31.2 Å². The molecule has 0 heterocycles. The normalized spacial score (nSPS) is 12.5. The van der Waals surface area contributed by atoms with Crippen molar-refractivity contribution in [3.8, 4) is 17.2 Å². The number of fused-ring (bicyclic) bond motifs is 1. The van der Waals surface area contributed by atoms with Gasteiger partial charge in [-0.2, -0.15) is 0 Å². The molecule has 5 nitrogen and oxygen atoms in total. The van der Waals surface area contributed by atoms with Crippen LogP contribution in [0.5, 0.6) is 17.2 Å². The van der Waals surface area contributed by atoms with Crippen LogP contribution in [0.1, 0.15) is 44.7 Å². The molecular weight excluding hydrogens is 380 g/mol. The second-order valence-corrected chi connectivity index (χ2v) is 8.54. The summed E-state index contributed by atoms with van der Waals surface area (Å²) >= 11 is 0. The van der Waals surface area contributed by atoms with Gasteiger partial charge in [-0.3, -0.25) is 0 Å². The van der Waals surface area contributed by atoms with E-state index in [0.29, 0.717) is 22.9 Å². The highest BCUT2D eigenvalue weighted by atomic mass is 16.6. The van der Waals surface area contributed by atoms with Crippen LogP contribution in [-0.2, 0) is 16.0 Å². The molecule has 0 aliphatic carbocycles. The minimum atomic E-state index is -0.534. The summed E-state index contributed by atoms with van der Waals surface area (Å²) in [5, 5.41) is 21.7. The Morgan fingerprint density at radius 1 is 0.967 bits per heavy atom.